The maximum atomic E-state index is 2.63. The van der Waals surface area contributed by atoms with Crippen LogP contribution in [0.3, 0.4) is 0 Å². The van der Waals surface area contributed by atoms with Crippen molar-refractivity contribution in [1.82, 2.24) is 4.90 Å². The molecular formula is C21H30Cl2N2. The number of para-hydroxylation sites is 1. The SMILES string of the molecule is CCN(c1ccccc1)C1CCN(CCc2ccccc2)CC1.Cl.Cl. The Morgan fingerprint density at radius 3 is 2.00 bits per heavy atom. The molecule has 0 unspecified atom stereocenters. The van der Waals surface area contributed by atoms with Gasteiger partial charge in [-0.25, -0.2) is 0 Å². The van der Waals surface area contributed by atoms with E-state index in [1.807, 2.05) is 0 Å². The van der Waals surface area contributed by atoms with Gasteiger partial charge in [-0.3, -0.25) is 0 Å². The van der Waals surface area contributed by atoms with Crippen LogP contribution < -0.4 is 4.90 Å². The molecule has 1 aliphatic heterocycles. The molecule has 1 saturated heterocycles. The summed E-state index contributed by atoms with van der Waals surface area (Å²) in [6.45, 7) is 7.00. The highest BCUT2D eigenvalue weighted by molar-refractivity contribution is 5.85. The molecule has 3 rings (SSSR count). The van der Waals surface area contributed by atoms with Crippen LogP contribution in [0, 0.1) is 0 Å². The summed E-state index contributed by atoms with van der Waals surface area (Å²) < 4.78 is 0. The van der Waals surface area contributed by atoms with Gasteiger partial charge in [0.1, 0.15) is 0 Å². The summed E-state index contributed by atoms with van der Waals surface area (Å²) in [6, 6.07) is 22.4. The lowest BCUT2D eigenvalue weighted by Gasteiger charge is -2.39. The molecule has 2 aromatic carbocycles. The molecule has 25 heavy (non-hydrogen) atoms. The highest BCUT2D eigenvalue weighted by atomic mass is 35.5. The molecule has 0 aromatic heterocycles. The Morgan fingerprint density at radius 2 is 1.44 bits per heavy atom. The van der Waals surface area contributed by atoms with Gasteiger partial charge in [-0.15, -0.1) is 24.8 Å². The lowest BCUT2D eigenvalue weighted by Crippen LogP contribution is -2.45. The Labute approximate surface area is 165 Å². The van der Waals surface area contributed by atoms with Gasteiger partial charge in [0.25, 0.3) is 0 Å². The van der Waals surface area contributed by atoms with Gasteiger partial charge in [-0.1, -0.05) is 48.5 Å². The molecule has 0 radical (unpaired) electrons. The molecule has 1 fully saturated rings. The monoisotopic (exact) mass is 380 g/mol. The minimum Gasteiger partial charge on any atom is -0.369 e. The Morgan fingerprint density at radius 1 is 0.880 bits per heavy atom. The van der Waals surface area contributed by atoms with Gasteiger partial charge in [0.15, 0.2) is 0 Å². The Balaban J connectivity index is 0.00000156. The van der Waals surface area contributed by atoms with Crippen molar-refractivity contribution in [3.63, 3.8) is 0 Å². The van der Waals surface area contributed by atoms with Gasteiger partial charge >= 0.3 is 0 Å². The zero-order valence-corrected chi connectivity index (χ0v) is 16.6. The molecule has 0 aliphatic carbocycles. The maximum absolute atomic E-state index is 2.63. The predicted octanol–water partition coefficient (Wildman–Crippen LogP) is 5.06. The summed E-state index contributed by atoms with van der Waals surface area (Å²) in [7, 11) is 0. The summed E-state index contributed by atoms with van der Waals surface area (Å²) in [4.78, 5) is 5.21. The van der Waals surface area contributed by atoms with Gasteiger partial charge in [-0.05, 0) is 43.9 Å². The van der Waals surface area contributed by atoms with Gasteiger partial charge in [0, 0.05) is 37.9 Å². The number of benzene rings is 2. The first kappa shape index (κ1) is 21.8. The molecule has 0 N–H and O–H groups in total. The van der Waals surface area contributed by atoms with Gasteiger partial charge in [0.05, 0.1) is 0 Å². The standard InChI is InChI=1S/C21H28N2.2ClH/c1-2-23(20-11-7-4-8-12-20)21-14-17-22(18-15-21)16-13-19-9-5-3-6-10-19;;/h3-12,21H,2,13-18H2,1H3;2*1H. The number of piperidine rings is 1. The first-order valence-corrected chi connectivity index (χ1v) is 8.95. The zero-order valence-electron chi connectivity index (χ0n) is 15.0. The van der Waals surface area contributed by atoms with E-state index in [0.717, 1.165) is 6.54 Å². The van der Waals surface area contributed by atoms with E-state index in [-0.39, 0.29) is 24.8 Å². The molecule has 138 valence electrons. The molecule has 4 heteroatoms. The molecule has 1 aliphatic rings. The van der Waals surface area contributed by atoms with Crippen LogP contribution in [0.25, 0.3) is 0 Å². The number of rotatable bonds is 6. The number of nitrogens with zero attached hydrogens (tertiary/aromatic N) is 2. The molecule has 0 atom stereocenters. The smallest absolute Gasteiger partial charge is 0.0368 e. The predicted molar refractivity (Wildman–Crippen MR) is 114 cm³/mol. The van der Waals surface area contributed by atoms with Crippen molar-refractivity contribution >= 4 is 30.5 Å². The second-order valence-electron chi connectivity index (χ2n) is 6.43. The lowest BCUT2D eigenvalue weighted by atomic mass is 10.0. The Bertz CT molecular complexity index is 569. The first-order chi connectivity index (χ1) is 11.4. The summed E-state index contributed by atoms with van der Waals surface area (Å²) in [6.07, 6.45) is 3.72. The third kappa shape index (κ3) is 6.22. The van der Waals surface area contributed by atoms with Crippen LogP contribution in [0.15, 0.2) is 60.7 Å². The van der Waals surface area contributed by atoms with Crippen molar-refractivity contribution in [2.45, 2.75) is 32.2 Å². The third-order valence-corrected chi connectivity index (χ3v) is 4.99. The van der Waals surface area contributed by atoms with Gasteiger partial charge < -0.3 is 9.80 Å². The van der Waals surface area contributed by atoms with Crippen LogP contribution in [-0.4, -0.2) is 37.1 Å². The number of likely N-dealkylation sites (tertiary alicyclic amines) is 1. The van der Waals surface area contributed by atoms with E-state index >= 15 is 0 Å². The minimum atomic E-state index is 0. The van der Waals surface area contributed by atoms with E-state index in [1.54, 1.807) is 0 Å². The van der Waals surface area contributed by atoms with Crippen LogP contribution in [0.4, 0.5) is 5.69 Å². The average molecular weight is 381 g/mol. The van der Waals surface area contributed by atoms with E-state index < -0.39 is 0 Å². The molecule has 0 saturated carbocycles. The third-order valence-electron chi connectivity index (χ3n) is 4.99. The van der Waals surface area contributed by atoms with Gasteiger partial charge in [0.2, 0.25) is 0 Å². The number of halogens is 2. The van der Waals surface area contributed by atoms with E-state index in [9.17, 15) is 0 Å². The lowest BCUT2D eigenvalue weighted by molar-refractivity contribution is 0.211. The highest BCUT2D eigenvalue weighted by Gasteiger charge is 2.23. The fraction of sp³-hybridized carbons (Fsp3) is 0.429. The summed E-state index contributed by atoms with van der Waals surface area (Å²) in [5, 5.41) is 0. The number of hydrogen-bond donors (Lipinski definition) is 0. The highest BCUT2D eigenvalue weighted by Crippen LogP contribution is 2.23. The van der Waals surface area contributed by atoms with Crippen LogP contribution in [-0.2, 0) is 6.42 Å². The normalized spacial score (nSPS) is 15.1. The Hall–Kier alpha value is -1.22. The van der Waals surface area contributed by atoms with Crippen LogP contribution in [0.5, 0.6) is 0 Å². The summed E-state index contributed by atoms with van der Waals surface area (Å²) >= 11 is 0. The minimum absolute atomic E-state index is 0. The molecule has 0 bridgehead atoms. The van der Waals surface area contributed by atoms with Crippen molar-refractivity contribution in [1.29, 1.82) is 0 Å². The molecule has 0 spiro atoms. The summed E-state index contributed by atoms with van der Waals surface area (Å²) in [5.41, 5.74) is 2.83. The quantitative estimate of drug-likeness (QED) is 0.690. The van der Waals surface area contributed by atoms with Crippen LogP contribution in [0.1, 0.15) is 25.3 Å². The van der Waals surface area contributed by atoms with Crippen molar-refractivity contribution in [3.05, 3.63) is 66.2 Å². The molecular weight excluding hydrogens is 351 g/mol. The van der Waals surface area contributed by atoms with E-state index in [1.165, 1.54) is 50.1 Å². The fourth-order valence-corrected chi connectivity index (χ4v) is 3.66. The average Bonchev–Trinajstić information content (AvgIpc) is 2.63. The van der Waals surface area contributed by atoms with E-state index in [0.29, 0.717) is 6.04 Å². The van der Waals surface area contributed by atoms with E-state index in [2.05, 4.69) is 77.4 Å². The van der Waals surface area contributed by atoms with Crippen molar-refractivity contribution in [2.75, 3.05) is 31.1 Å². The molecule has 0 amide bonds. The molecule has 2 nitrogen and oxygen atoms in total. The molecule has 1 heterocycles. The van der Waals surface area contributed by atoms with Crippen molar-refractivity contribution in [3.8, 4) is 0 Å². The topological polar surface area (TPSA) is 6.48 Å². The Kier molecular flexibility index (Phi) is 9.96. The second kappa shape index (κ2) is 11.4. The zero-order chi connectivity index (χ0) is 15.9. The van der Waals surface area contributed by atoms with Crippen LogP contribution >= 0.6 is 24.8 Å². The largest absolute Gasteiger partial charge is 0.369 e. The van der Waals surface area contributed by atoms with Gasteiger partial charge in [-0.2, -0.15) is 0 Å². The van der Waals surface area contributed by atoms with E-state index in [4.69, 9.17) is 0 Å². The maximum Gasteiger partial charge on any atom is 0.0368 e. The first-order valence-electron chi connectivity index (χ1n) is 8.95. The number of anilines is 1. The van der Waals surface area contributed by atoms with Crippen molar-refractivity contribution < 1.29 is 0 Å². The number of hydrogen-bond acceptors (Lipinski definition) is 2. The molecule has 2 aromatic rings. The second-order valence-corrected chi connectivity index (χ2v) is 6.43. The fourth-order valence-electron chi connectivity index (χ4n) is 3.66. The summed E-state index contributed by atoms with van der Waals surface area (Å²) in [5.74, 6) is 0. The van der Waals surface area contributed by atoms with Crippen molar-refractivity contribution in [2.24, 2.45) is 0 Å². The van der Waals surface area contributed by atoms with Crippen LogP contribution in [0.2, 0.25) is 0 Å².